The average Bonchev–Trinajstić information content (AvgIpc) is 2.32. The quantitative estimate of drug-likeness (QED) is 0.781. The molecule has 0 saturated heterocycles. The average molecular weight is 246 g/mol. The van der Waals surface area contributed by atoms with Crippen LogP contribution >= 0.6 is 0 Å². The molecule has 0 radical (unpaired) electrons. The van der Waals surface area contributed by atoms with Gasteiger partial charge in [-0.15, -0.1) is 0 Å². The Bertz CT molecular complexity index is 393. The Hall–Kier alpha value is -1.35. The molecule has 0 spiro atoms. The Kier molecular flexibility index (Phi) is 4.37. The number of nitrogens with one attached hydrogen (secondary N) is 2. The van der Waals surface area contributed by atoms with Gasteiger partial charge in [0.2, 0.25) is 0 Å². The molecule has 98 valence electrons. The molecule has 0 atom stereocenters. The Balaban J connectivity index is 1.64. The summed E-state index contributed by atoms with van der Waals surface area (Å²) < 4.78 is 0. The van der Waals surface area contributed by atoms with E-state index in [-0.39, 0.29) is 5.91 Å². The first-order chi connectivity index (χ1) is 8.65. The van der Waals surface area contributed by atoms with Crippen molar-refractivity contribution in [3.05, 3.63) is 35.4 Å². The van der Waals surface area contributed by atoms with Crippen LogP contribution in [0, 0.1) is 12.8 Å². The van der Waals surface area contributed by atoms with Crippen LogP contribution in [0.15, 0.2) is 24.3 Å². The maximum Gasteiger partial charge on any atom is 0.251 e. The summed E-state index contributed by atoms with van der Waals surface area (Å²) in [6.45, 7) is 5.84. The van der Waals surface area contributed by atoms with Crippen LogP contribution in [0.2, 0.25) is 0 Å². The lowest BCUT2D eigenvalue weighted by atomic mass is 9.82. The Morgan fingerprint density at radius 3 is 2.50 bits per heavy atom. The molecular formula is C15H22N2O. The first-order valence-electron chi connectivity index (χ1n) is 6.73. The Morgan fingerprint density at radius 1 is 1.22 bits per heavy atom. The van der Waals surface area contributed by atoms with Crippen molar-refractivity contribution < 1.29 is 4.79 Å². The largest absolute Gasteiger partial charge is 0.351 e. The third-order valence-corrected chi connectivity index (χ3v) is 3.53. The van der Waals surface area contributed by atoms with Gasteiger partial charge in [0.15, 0.2) is 0 Å². The molecule has 1 aromatic carbocycles. The van der Waals surface area contributed by atoms with Gasteiger partial charge in [-0.2, -0.15) is 0 Å². The molecule has 1 aliphatic carbocycles. The first kappa shape index (κ1) is 13.1. The summed E-state index contributed by atoms with van der Waals surface area (Å²) >= 11 is 0. The van der Waals surface area contributed by atoms with Gasteiger partial charge in [0.25, 0.3) is 5.91 Å². The molecule has 0 aromatic heterocycles. The summed E-state index contributed by atoms with van der Waals surface area (Å²) in [5, 5.41) is 6.38. The molecule has 3 nitrogen and oxygen atoms in total. The summed E-state index contributed by atoms with van der Waals surface area (Å²) in [4.78, 5) is 11.8. The van der Waals surface area contributed by atoms with Gasteiger partial charge in [-0.05, 0) is 37.8 Å². The van der Waals surface area contributed by atoms with Crippen LogP contribution in [-0.2, 0) is 0 Å². The SMILES string of the molecule is Cc1ccc(C(=O)NCCNC2CC(C)C2)cc1. The van der Waals surface area contributed by atoms with Crippen molar-refractivity contribution in [3.63, 3.8) is 0 Å². The van der Waals surface area contributed by atoms with Crippen LogP contribution in [0.25, 0.3) is 0 Å². The fourth-order valence-corrected chi connectivity index (χ4v) is 2.33. The molecule has 0 aliphatic heterocycles. The maximum absolute atomic E-state index is 11.8. The minimum absolute atomic E-state index is 0.0128. The smallest absolute Gasteiger partial charge is 0.251 e. The molecule has 1 saturated carbocycles. The van der Waals surface area contributed by atoms with Crippen molar-refractivity contribution in [3.8, 4) is 0 Å². The summed E-state index contributed by atoms with van der Waals surface area (Å²) in [5.74, 6) is 0.878. The molecule has 2 rings (SSSR count). The Morgan fingerprint density at radius 2 is 1.89 bits per heavy atom. The number of aryl methyl sites for hydroxylation is 1. The first-order valence-corrected chi connectivity index (χ1v) is 6.73. The van der Waals surface area contributed by atoms with Crippen molar-refractivity contribution >= 4 is 5.91 Å². The molecule has 1 fully saturated rings. The van der Waals surface area contributed by atoms with E-state index in [1.165, 1.54) is 18.4 Å². The summed E-state index contributed by atoms with van der Waals surface area (Å²) in [7, 11) is 0. The van der Waals surface area contributed by atoms with Crippen molar-refractivity contribution in [2.75, 3.05) is 13.1 Å². The molecule has 18 heavy (non-hydrogen) atoms. The third kappa shape index (κ3) is 3.57. The third-order valence-electron chi connectivity index (χ3n) is 3.53. The van der Waals surface area contributed by atoms with E-state index in [2.05, 4.69) is 17.6 Å². The van der Waals surface area contributed by atoms with Gasteiger partial charge in [0.05, 0.1) is 0 Å². The van der Waals surface area contributed by atoms with Crippen molar-refractivity contribution in [1.29, 1.82) is 0 Å². The normalized spacial score (nSPS) is 22.3. The van der Waals surface area contributed by atoms with E-state index in [1.807, 2.05) is 31.2 Å². The highest BCUT2D eigenvalue weighted by Gasteiger charge is 2.24. The molecule has 0 unspecified atom stereocenters. The zero-order chi connectivity index (χ0) is 13.0. The Labute approximate surface area is 109 Å². The summed E-state index contributed by atoms with van der Waals surface area (Å²) in [6.07, 6.45) is 2.54. The second kappa shape index (κ2) is 6.01. The van der Waals surface area contributed by atoms with E-state index < -0.39 is 0 Å². The van der Waals surface area contributed by atoms with Gasteiger partial charge in [-0.3, -0.25) is 4.79 Å². The van der Waals surface area contributed by atoms with Gasteiger partial charge in [0, 0.05) is 24.7 Å². The highest BCUT2D eigenvalue weighted by molar-refractivity contribution is 5.94. The number of carbonyl (C=O) groups excluding carboxylic acids is 1. The minimum Gasteiger partial charge on any atom is -0.351 e. The van der Waals surface area contributed by atoms with Crippen molar-refractivity contribution in [1.82, 2.24) is 10.6 Å². The monoisotopic (exact) mass is 246 g/mol. The number of benzene rings is 1. The van der Waals surface area contributed by atoms with Gasteiger partial charge in [-0.1, -0.05) is 24.6 Å². The van der Waals surface area contributed by atoms with Crippen LogP contribution < -0.4 is 10.6 Å². The van der Waals surface area contributed by atoms with E-state index in [0.717, 1.165) is 18.0 Å². The highest BCUT2D eigenvalue weighted by atomic mass is 16.1. The topological polar surface area (TPSA) is 41.1 Å². The molecular weight excluding hydrogens is 224 g/mol. The zero-order valence-corrected chi connectivity index (χ0v) is 11.2. The van der Waals surface area contributed by atoms with Gasteiger partial charge in [0.1, 0.15) is 0 Å². The van der Waals surface area contributed by atoms with Crippen molar-refractivity contribution in [2.45, 2.75) is 32.7 Å². The van der Waals surface area contributed by atoms with E-state index in [4.69, 9.17) is 0 Å². The second-order valence-corrected chi connectivity index (χ2v) is 5.35. The number of amides is 1. The predicted octanol–water partition coefficient (Wildman–Crippen LogP) is 2.11. The van der Waals surface area contributed by atoms with Crippen molar-refractivity contribution in [2.24, 2.45) is 5.92 Å². The van der Waals surface area contributed by atoms with E-state index in [1.54, 1.807) is 0 Å². The summed E-state index contributed by atoms with van der Waals surface area (Å²) in [6, 6.07) is 8.32. The lowest BCUT2D eigenvalue weighted by Crippen LogP contribution is -2.43. The molecule has 0 bridgehead atoms. The van der Waals surface area contributed by atoms with Crippen LogP contribution in [-0.4, -0.2) is 25.0 Å². The molecule has 1 amide bonds. The standard InChI is InChI=1S/C15H22N2O/c1-11-3-5-13(6-4-11)15(18)17-8-7-16-14-9-12(2)10-14/h3-6,12,14,16H,7-10H2,1-2H3,(H,17,18). The molecule has 2 N–H and O–H groups in total. The second-order valence-electron chi connectivity index (χ2n) is 5.35. The molecule has 3 heteroatoms. The van der Waals surface area contributed by atoms with Crippen LogP contribution in [0.1, 0.15) is 35.7 Å². The predicted molar refractivity (Wildman–Crippen MR) is 73.7 cm³/mol. The highest BCUT2D eigenvalue weighted by Crippen LogP contribution is 2.25. The number of rotatable bonds is 5. The number of hydrogen-bond acceptors (Lipinski definition) is 2. The fraction of sp³-hybridized carbons (Fsp3) is 0.533. The molecule has 0 heterocycles. The molecule has 1 aliphatic rings. The van der Waals surface area contributed by atoms with Crippen LogP contribution in [0.4, 0.5) is 0 Å². The molecule has 1 aromatic rings. The lowest BCUT2D eigenvalue weighted by molar-refractivity contribution is 0.0952. The van der Waals surface area contributed by atoms with Crippen LogP contribution in [0.5, 0.6) is 0 Å². The summed E-state index contributed by atoms with van der Waals surface area (Å²) in [5.41, 5.74) is 1.91. The van der Waals surface area contributed by atoms with Gasteiger partial charge >= 0.3 is 0 Å². The van der Waals surface area contributed by atoms with E-state index in [0.29, 0.717) is 12.6 Å². The fourth-order valence-electron chi connectivity index (χ4n) is 2.33. The van der Waals surface area contributed by atoms with Crippen LogP contribution in [0.3, 0.4) is 0 Å². The van der Waals surface area contributed by atoms with Gasteiger partial charge in [-0.25, -0.2) is 0 Å². The zero-order valence-electron chi connectivity index (χ0n) is 11.2. The number of carbonyl (C=O) groups is 1. The number of hydrogen-bond donors (Lipinski definition) is 2. The van der Waals surface area contributed by atoms with E-state index >= 15 is 0 Å². The van der Waals surface area contributed by atoms with E-state index in [9.17, 15) is 4.79 Å². The lowest BCUT2D eigenvalue weighted by Gasteiger charge is -2.33. The van der Waals surface area contributed by atoms with Gasteiger partial charge < -0.3 is 10.6 Å². The minimum atomic E-state index is 0.0128. The maximum atomic E-state index is 11.8.